The van der Waals surface area contributed by atoms with Gasteiger partial charge in [0.25, 0.3) is 0 Å². The molecule has 1 amide bonds. The predicted molar refractivity (Wildman–Crippen MR) is 84.0 cm³/mol. The molecular weight excluding hydrogens is 266 g/mol. The van der Waals surface area contributed by atoms with Gasteiger partial charge in [-0.2, -0.15) is 0 Å². The summed E-state index contributed by atoms with van der Waals surface area (Å²) in [5, 5.41) is 13.0. The first kappa shape index (κ1) is 17.4. The lowest BCUT2D eigenvalue weighted by atomic mass is 9.91. The van der Waals surface area contributed by atoms with Crippen LogP contribution in [0.25, 0.3) is 0 Å². The fraction of sp³-hybridized carbons (Fsp3) is 0.529. The Morgan fingerprint density at radius 3 is 2.33 bits per heavy atom. The van der Waals surface area contributed by atoms with Gasteiger partial charge in [-0.1, -0.05) is 38.8 Å². The molecule has 0 bridgehead atoms. The lowest BCUT2D eigenvalue weighted by molar-refractivity contribution is -0.126. The van der Waals surface area contributed by atoms with Gasteiger partial charge in [0.15, 0.2) is 0 Å². The Morgan fingerprint density at radius 2 is 1.81 bits per heavy atom. The second-order valence-corrected chi connectivity index (χ2v) is 5.46. The molecule has 2 N–H and O–H groups in total. The van der Waals surface area contributed by atoms with Crippen molar-refractivity contribution >= 4 is 17.4 Å². The topological polar surface area (TPSA) is 66.4 Å². The molecule has 4 nitrogen and oxygen atoms in total. The number of rotatable bonds is 8. The zero-order chi connectivity index (χ0) is 15.8. The molecule has 0 saturated heterocycles. The molecule has 0 heterocycles. The molecule has 1 rings (SSSR count). The molecule has 0 aliphatic heterocycles. The molecule has 0 saturated carbocycles. The summed E-state index contributed by atoms with van der Waals surface area (Å²) in [5.41, 5.74) is 1.38. The van der Waals surface area contributed by atoms with Crippen LogP contribution in [0.5, 0.6) is 0 Å². The summed E-state index contributed by atoms with van der Waals surface area (Å²) in [5.74, 6) is -0.446. The SMILES string of the molecule is CCCCCC(=O)[C@H](C)[C@@H](O)c1ccc(NC(C)=O)cc1. The lowest BCUT2D eigenvalue weighted by Crippen LogP contribution is -2.19. The second-order valence-electron chi connectivity index (χ2n) is 5.46. The van der Waals surface area contributed by atoms with Crippen LogP contribution in [-0.4, -0.2) is 16.8 Å². The van der Waals surface area contributed by atoms with Gasteiger partial charge in [0.05, 0.1) is 6.10 Å². The van der Waals surface area contributed by atoms with Crippen molar-refractivity contribution in [3.63, 3.8) is 0 Å². The Morgan fingerprint density at radius 1 is 1.19 bits per heavy atom. The Hall–Kier alpha value is -1.68. The van der Waals surface area contributed by atoms with Gasteiger partial charge in [-0.3, -0.25) is 9.59 Å². The third-order valence-electron chi connectivity index (χ3n) is 3.58. The molecule has 0 unspecified atom stereocenters. The molecule has 2 atom stereocenters. The van der Waals surface area contributed by atoms with E-state index < -0.39 is 12.0 Å². The summed E-state index contributed by atoms with van der Waals surface area (Å²) >= 11 is 0. The normalized spacial score (nSPS) is 13.5. The number of anilines is 1. The highest BCUT2D eigenvalue weighted by Crippen LogP contribution is 2.25. The standard InChI is InChI=1S/C17H25NO3/c1-4-5-6-7-16(20)12(2)17(21)14-8-10-15(11-9-14)18-13(3)19/h8-12,17,21H,4-7H2,1-3H3,(H,18,19)/t12-,17+/m0/s1. The van der Waals surface area contributed by atoms with Gasteiger partial charge < -0.3 is 10.4 Å². The zero-order valence-electron chi connectivity index (χ0n) is 13.1. The van der Waals surface area contributed by atoms with Gasteiger partial charge in [0.2, 0.25) is 5.91 Å². The number of hydrogen-bond donors (Lipinski definition) is 2. The van der Waals surface area contributed by atoms with Crippen molar-refractivity contribution in [2.75, 3.05) is 5.32 Å². The number of amides is 1. The van der Waals surface area contributed by atoms with Crippen molar-refractivity contribution < 1.29 is 14.7 Å². The highest BCUT2D eigenvalue weighted by Gasteiger charge is 2.22. The van der Waals surface area contributed by atoms with Crippen LogP contribution in [0.1, 0.15) is 58.1 Å². The molecule has 0 aliphatic carbocycles. The lowest BCUT2D eigenvalue weighted by Gasteiger charge is -2.18. The fourth-order valence-corrected chi connectivity index (χ4v) is 2.21. The van der Waals surface area contributed by atoms with Crippen molar-refractivity contribution in [2.45, 2.75) is 52.6 Å². The van der Waals surface area contributed by atoms with E-state index in [9.17, 15) is 14.7 Å². The minimum Gasteiger partial charge on any atom is -0.388 e. The van der Waals surface area contributed by atoms with E-state index in [-0.39, 0.29) is 11.7 Å². The quantitative estimate of drug-likeness (QED) is 0.721. The van der Waals surface area contributed by atoms with Crippen molar-refractivity contribution in [1.29, 1.82) is 0 Å². The molecule has 0 radical (unpaired) electrons. The summed E-state index contributed by atoms with van der Waals surface area (Å²) in [4.78, 5) is 23.0. The van der Waals surface area contributed by atoms with E-state index in [4.69, 9.17) is 0 Å². The van der Waals surface area contributed by atoms with Crippen LogP contribution in [0.15, 0.2) is 24.3 Å². The maximum absolute atomic E-state index is 12.0. The number of carbonyl (C=O) groups is 2. The van der Waals surface area contributed by atoms with Gasteiger partial charge in [-0.25, -0.2) is 0 Å². The summed E-state index contributed by atoms with van der Waals surface area (Å²) in [6.45, 7) is 5.31. The van der Waals surface area contributed by atoms with Crippen molar-refractivity contribution in [1.82, 2.24) is 0 Å². The highest BCUT2D eigenvalue weighted by atomic mass is 16.3. The van der Waals surface area contributed by atoms with Crippen molar-refractivity contribution in [2.24, 2.45) is 5.92 Å². The van der Waals surface area contributed by atoms with Gasteiger partial charge in [0.1, 0.15) is 5.78 Å². The Labute approximate surface area is 126 Å². The van der Waals surface area contributed by atoms with E-state index in [2.05, 4.69) is 12.2 Å². The van der Waals surface area contributed by atoms with Crippen LogP contribution in [0.3, 0.4) is 0 Å². The molecule has 0 spiro atoms. The number of hydrogen-bond acceptors (Lipinski definition) is 3. The third-order valence-corrected chi connectivity index (χ3v) is 3.58. The van der Waals surface area contributed by atoms with Crippen LogP contribution >= 0.6 is 0 Å². The van der Waals surface area contributed by atoms with E-state index in [0.717, 1.165) is 19.3 Å². The number of aliphatic hydroxyl groups excluding tert-OH is 1. The Bertz CT molecular complexity index is 467. The number of benzene rings is 1. The maximum Gasteiger partial charge on any atom is 0.221 e. The summed E-state index contributed by atoms with van der Waals surface area (Å²) < 4.78 is 0. The van der Waals surface area contributed by atoms with Gasteiger partial charge in [-0.15, -0.1) is 0 Å². The molecule has 4 heteroatoms. The van der Waals surface area contributed by atoms with Gasteiger partial charge in [0, 0.05) is 24.9 Å². The van der Waals surface area contributed by atoms with Crippen LogP contribution in [0.2, 0.25) is 0 Å². The van der Waals surface area contributed by atoms with E-state index in [1.165, 1.54) is 6.92 Å². The first-order valence-electron chi connectivity index (χ1n) is 7.54. The molecule has 0 fully saturated rings. The average molecular weight is 291 g/mol. The minimum atomic E-state index is -0.800. The second kappa shape index (κ2) is 8.57. The predicted octanol–water partition coefficient (Wildman–Crippen LogP) is 3.46. The Balaban J connectivity index is 2.62. The largest absolute Gasteiger partial charge is 0.388 e. The first-order valence-corrected chi connectivity index (χ1v) is 7.54. The van der Waals surface area contributed by atoms with Crippen LogP contribution in [-0.2, 0) is 9.59 Å². The molecule has 1 aromatic carbocycles. The van der Waals surface area contributed by atoms with E-state index >= 15 is 0 Å². The van der Waals surface area contributed by atoms with Gasteiger partial charge >= 0.3 is 0 Å². The van der Waals surface area contributed by atoms with Crippen molar-refractivity contribution in [3.8, 4) is 0 Å². The highest BCUT2D eigenvalue weighted by molar-refractivity contribution is 5.88. The molecule has 0 aromatic heterocycles. The van der Waals surface area contributed by atoms with Crippen molar-refractivity contribution in [3.05, 3.63) is 29.8 Å². The first-order chi connectivity index (χ1) is 9.95. The molecule has 116 valence electrons. The van der Waals surface area contributed by atoms with E-state index in [1.807, 2.05) is 0 Å². The summed E-state index contributed by atoms with van der Waals surface area (Å²) in [7, 11) is 0. The monoisotopic (exact) mass is 291 g/mol. The minimum absolute atomic E-state index is 0.0990. The average Bonchev–Trinajstić information content (AvgIpc) is 2.46. The number of unbranched alkanes of at least 4 members (excludes halogenated alkanes) is 2. The number of ketones is 1. The molecular formula is C17H25NO3. The Kier molecular flexibility index (Phi) is 7.09. The van der Waals surface area contributed by atoms with E-state index in [0.29, 0.717) is 17.7 Å². The van der Waals surface area contributed by atoms with E-state index in [1.54, 1.807) is 31.2 Å². The fourth-order valence-electron chi connectivity index (χ4n) is 2.21. The molecule has 1 aromatic rings. The number of nitrogens with one attached hydrogen (secondary N) is 1. The smallest absolute Gasteiger partial charge is 0.221 e. The zero-order valence-corrected chi connectivity index (χ0v) is 13.1. The molecule has 0 aliphatic rings. The third kappa shape index (κ3) is 5.68. The van der Waals surface area contributed by atoms with Gasteiger partial charge in [-0.05, 0) is 24.1 Å². The maximum atomic E-state index is 12.0. The van der Waals surface area contributed by atoms with Crippen LogP contribution < -0.4 is 5.32 Å². The number of Topliss-reactive ketones (excluding diaryl/α,β-unsaturated/α-hetero) is 1. The summed E-state index contributed by atoms with van der Waals surface area (Å²) in [6, 6.07) is 6.94. The number of carbonyl (C=O) groups excluding carboxylic acids is 2. The van der Waals surface area contributed by atoms with Crippen LogP contribution in [0, 0.1) is 5.92 Å². The molecule has 21 heavy (non-hydrogen) atoms. The number of aliphatic hydroxyl groups is 1. The summed E-state index contributed by atoms with van der Waals surface area (Å²) in [6.07, 6.45) is 2.73. The van der Waals surface area contributed by atoms with Crippen LogP contribution in [0.4, 0.5) is 5.69 Å².